The number of aromatic nitrogens is 1. The van der Waals surface area contributed by atoms with Crippen LogP contribution in [0, 0.1) is 12.3 Å². The number of nitrogens with one attached hydrogen (secondary N) is 1. The number of hydrogen-bond donors (Lipinski definition) is 1. The minimum Gasteiger partial charge on any atom is -0.356 e. The summed E-state index contributed by atoms with van der Waals surface area (Å²) in [5.41, 5.74) is 1.43. The molecular formula is C12H19N3S2. The van der Waals surface area contributed by atoms with Gasteiger partial charge in [0.25, 0.3) is 0 Å². The first kappa shape index (κ1) is 12.9. The van der Waals surface area contributed by atoms with Crippen LogP contribution in [0.4, 0.5) is 0 Å². The van der Waals surface area contributed by atoms with Gasteiger partial charge in [-0.15, -0.1) is 11.3 Å². The molecule has 1 aromatic rings. The number of amidine groups is 1. The number of hydrogen-bond acceptors (Lipinski definition) is 5. The predicted molar refractivity (Wildman–Crippen MR) is 76.9 cm³/mol. The Morgan fingerprint density at radius 2 is 2.24 bits per heavy atom. The molecule has 1 aliphatic heterocycles. The lowest BCUT2D eigenvalue weighted by molar-refractivity contribution is 0.436. The van der Waals surface area contributed by atoms with E-state index in [0.717, 1.165) is 28.2 Å². The Kier molecular flexibility index (Phi) is 3.78. The zero-order chi connectivity index (χ0) is 12.5. The van der Waals surface area contributed by atoms with E-state index in [4.69, 9.17) is 0 Å². The number of rotatable bonds is 2. The van der Waals surface area contributed by atoms with Crippen LogP contribution < -0.4 is 5.32 Å². The molecule has 2 rings (SSSR count). The van der Waals surface area contributed by atoms with Crippen molar-refractivity contribution in [3.8, 4) is 0 Å². The van der Waals surface area contributed by atoms with Gasteiger partial charge in [-0.05, 0) is 19.3 Å². The number of nitrogens with zero attached hydrogens (tertiary/aromatic N) is 2. The molecule has 17 heavy (non-hydrogen) atoms. The molecule has 5 heteroatoms. The largest absolute Gasteiger partial charge is 0.356 e. The van der Waals surface area contributed by atoms with Crippen LogP contribution in [0.1, 0.15) is 37.5 Å². The maximum absolute atomic E-state index is 4.60. The summed E-state index contributed by atoms with van der Waals surface area (Å²) in [6.45, 7) is 9.59. The van der Waals surface area contributed by atoms with Gasteiger partial charge < -0.3 is 5.32 Å². The third-order valence-corrected chi connectivity index (χ3v) is 5.19. The van der Waals surface area contributed by atoms with E-state index in [2.05, 4.69) is 41.4 Å². The Balaban J connectivity index is 1.96. The molecule has 0 amide bonds. The van der Waals surface area contributed by atoms with Gasteiger partial charge >= 0.3 is 0 Å². The van der Waals surface area contributed by atoms with E-state index < -0.39 is 0 Å². The van der Waals surface area contributed by atoms with Gasteiger partial charge in [-0.1, -0.05) is 25.6 Å². The highest BCUT2D eigenvalue weighted by Crippen LogP contribution is 2.28. The van der Waals surface area contributed by atoms with Crippen LogP contribution in [-0.4, -0.2) is 22.4 Å². The van der Waals surface area contributed by atoms with E-state index in [1.165, 1.54) is 0 Å². The van der Waals surface area contributed by atoms with Gasteiger partial charge in [0.1, 0.15) is 5.01 Å². The summed E-state index contributed by atoms with van der Waals surface area (Å²) in [5.74, 6) is 1.13. The van der Waals surface area contributed by atoms with E-state index in [9.17, 15) is 0 Å². The Labute approximate surface area is 111 Å². The zero-order valence-corrected chi connectivity index (χ0v) is 12.4. The van der Waals surface area contributed by atoms with Gasteiger partial charge in [0.15, 0.2) is 5.17 Å². The average Bonchev–Trinajstić information content (AvgIpc) is 2.68. The summed E-state index contributed by atoms with van der Waals surface area (Å²) < 4.78 is 0. The van der Waals surface area contributed by atoms with Crippen LogP contribution in [0.2, 0.25) is 0 Å². The average molecular weight is 269 g/mol. The Hall–Kier alpha value is -0.550. The third-order valence-electron chi connectivity index (χ3n) is 2.60. The van der Waals surface area contributed by atoms with Gasteiger partial charge in [0.2, 0.25) is 0 Å². The number of thiazole rings is 1. The standard InChI is InChI=1S/C12H19N3S2/c1-8-5-16-10(14-8)9(2)15-11-13-6-12(3,4)7-17-11/h5,9H,6-7H2,1-4H3,(H,13,15). The first-order chi connectivity index (χ1) is 7.96. The van der Waals surface area contributed by atoms with Crippen molar-refractivity contribution in [3.05, 3.63) is 16.1 Å². The molecule has 0 aromatic carbocycles. The fourth-order valence-corrected chi connectivity index (χ4v) is 3.38. The SMILES string of the molecule is Cc1csc(C(C)NC2=NCC(C)(C)CS2)n1. The summed E-state index contributed by atoms with van der Waals surface area (Å²) in [6.07, 6.45) is 0. The normalized spacial score (nSPS) is 20.8. The van der Waals surface area contributed by atoms with Crippen LogP contribution in [0.5, 0.6) is 0 Å². The fourth-order valence-electron chi connectivity index (χ4n) is 1.55. The fraction of sp³-hybridized carbons (Fsp3) is 0.667. The van der Waals surface area contributed by atoms with Crippen molar-refractivity contribution in [1.29, 1.82) is 0 Å². The highest BCUT2D eigenvalue weighted by molar-refractivity contribution is 8.13. The summed E-state index contributed by atoms with van der Waals surface area (Å²) >= 11 is 3.52. The lowest BCUT2D eigenvalue weighted by Gasteiger charge is -2.28. The first-order valence-electron chi connectivity index (χ1n) is 5.82. The second-order valence-corrected chi connectivity index (χ2v) is 7.12. The van der Waals surface area contributed by atoms with Gasteiger partial charge in [-0.3, -0.25) is 4.99 Å². The molecule has 94 valence electrons. The molecule has 0 bridgehead atoms. The van der Waals surface area contributed by atoms with Crippen molar-refractivity contribution in [2.75, 3.05) is 12.3 Å². The predicted octanol–water partition coefficient (Wildman–Crippen LogP) is 3.23. The number of thioether (sulfide) groups is 1. The van der Waals surface area contributed by atoms with E-state index in [-0.39, 0.29) is 6.04 Å². The van der Waals surface area contributed by atoms with Gasteiger partial charge in [-0.2, -0.15) is 0 Å². The molecule has 1 aliphatic rings. The minimum absolute atomic E-state index is 0.251. The van der Waals surface area contributed by atoms with Crippen molar-refractivity contribution < 1.29 is 0 Å². The van der Waals surface area contributed by atoms with Crippen LogP contribution in [0.3, 0.4) is 0 Å². The van der Waals surface area contributed by atoms with E-state index in [1.54, 1.807) is 11.3 Å². The molecule has 0 radical (unpaired) electrons. The van der Waals surface area contributed by atoms with E-state index in [0.29, 0.717) is 5.41 Å². The molecule has 0 fully saturated rings. The lowest BCUT2D eigenvalue weighted by Crippen LogP contribution is -2.32. The van der Waals surface area contributed by atoms with Gasteiger partial charge in [-0.25, -0.2) is 4.98 Å². The number of aliphatic imine (C=N–C) groups is 1. The maximum atomic E-state index is 4.60. The molecular weight excluding hydrogens is 250 g/mol. The van der Waals surface area contributed by atoms with E-state index in [1.807, 2.05) is 18.7 Å². The monoisotopic (exact) mass is 269 g/mol. The van der Waals surface area contributed by atoms with Crippen molar-refractivity contribution in [2.24, 2.45) is 10.4 Å². The summed E-state index contributed by atoms with van der Waals surface area (Å²) in [7, 11) is 0. The number of aryl methyl sites for hydroxylation is 1. The topological polar surface area (TPSA) is 37.3 Å². The zero-order valence-electron chi connectivity index (χ0n) is 10.8. The van der Waals surface area contributed by atoms with Crippen LogP contribution >= 0.6 is 23.1 Å². The van der Waals surface area contributed by atoms with Crippen molar-refractivity contribution in [2.45, 2.75) is 33.7 Å². The molecule has 0 saturated carbocycles. The minimum atomic E-state index is 0.251. The molecule has 1 unspecified atom stereocenters. The Morgan fingerprint density at radius 3 is 2.76 bits per heavy atom. The lowest BCUT2D eigenvalue weighted by atomic mass is 9.97. The molecule has 0 aliphatic carbocycles. The second kappa shape index (κ2) is 4.98. The summed E-state index contributed by atoms with van der Waals surface area (Å²) in [5, 5.41) is 7.73. The van der Waals surface area contributed by atoms with Gasteiger partial charge in [0.05, 0.1) is 6.04 Å². The molecule has 1 N–H and O–H groups in total. The quantitative estimate of drug-likeness (QED) is 0.895. The maximum Gasteiger partial charge on any atom is 0.157 e. The molecule has 0 saturated heterocycles. The smallest absolute Gasteiger partial charge is 0.157 e. The molecule has 1 aromatic heterocycles. The second-order valence-electron chi connectivity index (χ2n) is 5.27. The highest BCUT2D eigenvalue weighted by atomic mass is 32.2. The van der Waals surface area contributed by atoms with Crippen LogP contribution in [0.15, 0.2) is 10.4 Å². The Bertz CT molecular complexity index is 423. The van der Waals surface area contributed by atoms with Crippen LogP contribution in [0.25, 0.3) is 0 Å². The van der Waals surface area contributed by atoms with Crippen LogP contribution in [-0.2, 0) is 0 Å². The molecule has 3 nitrogen and oxygen atoms in total. The van der Waals surface area contributed by atoms with E-state index >= 15 is 0 Å². The molecule has 0 spiro atoms. The summed E-state index contributed by atoms with van der Waals surface area (Å²) in [4.78, 5) is 9.10. The first-order valence-corrected chi connectivity index (χ1v) is 7.69. The molecule has 1 atom stereocenters. The summed E-state index contributed by atoms with van der Waals surface area (Å²) in [6, 6.07) is 0.251. The highest BCUT2D eigenvalue weighted by Gasteiger charge is 2.24. The molecule has 2 heterocycles. The van der Waals surface area contributed by atoms with Gasteiger partial charge in [0, 0.05) is 23.4 Å². The Morgan fingerprint density at radius 1 is 1.47 bits per heavy atom. The van der Waals surface area contributed by atoms with Crippen molar-refractivity contribution in [1.82, 2.24) is 10.3 Å². The van der Waals surface area contributed by atoms with Crippen molar-refractivity contribution in [3.63, 3.8) is 0 Å². The third kappa shape index (κ3) is 3.45. The van der Waals surface area contributed by atoms with Crippen molar-refractivity contribution >= 4 is 28.3 Å².